The number of alkyl halides is 1. The molecule has 4 heteroatoms. The third-order valence-corrected chi connectivity index (χ3v) is 3.06. The third-order valence-electron chi connectivity index (χ3n) is 3.06. The summed E-state index contributed by atoms with van der Waals surface area (Å²) in [7, 11) is 0. The molecule has 1 aromatic carbocycles. The van der Waals surface area contributed by atoms with E-state index in [-0.39, 0.29) is 13.0 Å². The normalized spacial score (nSPS) is 24.8. The highest BCUT2D eigenvalue weighted by atomic mass is 19.1. The summed E-state index contributed by atoms with van der Waals surface area (Å²) in [6, 6.07) is 7.62. The maximum Gasteiger partial charge on any atom is 0.343 e. The summed E-state index contributed by atoms with van der Waals surface area (Å²) in [4.78, 5) is 12.6. The number of hydrogen-bond acceptors (Lipinski definition) is 2. The Morgan fingerprint density at radius 1 is 1.50 bits per heavy atom. The first-order valence-electron chi connectivity index (χ1n) is 5.26. The number of benzene rings is 1. The lowest BCUT2D eigenvalue weighted by Crippen LogP contribution is -2.37. The van der Waals surface area contributed by atoms with E-state index in [0.717, 1.165) is 11.3 Å². The van der Waals surface area contributed by atoms with Crippen LogP contribution < -0.4 is 4.90 Å². The number of halogens is 1. The van der Waals surface area contributed by atoms with E-state index in [1.807, 2.05) is 31.2 Å². The minimum atomic E-state index is -2.09. The summed E-state index contributed by atoms with van der Waals surface area (Å²) in [6.07, 6.45) is 0.0522. The van der Waals surface area contributed by atoms with Crippen molar-refractivity contribution in [3.8, 4) is 0 Å². The molecule has 86 valence electrons. The van der Waals surface area contributed by atoms with Crippen molar-refractivity contribution in [2.24, 2.45) is 0 Å². The van der Waals surface area contributed by atoms with Crippen molar-refractivity contribution in [1.29, 1.82) is 0 Å². The van der Waals surface area contributed by atoms with E-state index in [1.54, 1.807) is 4.90 Å². The maximum atomic E-state index is 13.9. The van der Waals surface area contributed by atoms with Gasteiger partial charge in [-0.05, 0) is 18.6 Å². The SMILES string of the molecule is Cc1ccccc1N1CCC(F)(C(=O)O)C1. The molecule has 0 aliphatic carbocycles. The summed E-state index contributed by atoms with van der Waals surface area (Å²) in [5.74, 6) is -1.36. The number of carboxylic acid groups (broad SMARTS) is 1. The lowest BCUT2D eigenvalue weighted by Gasteiger charge is -2.21. The molecule has 1 aromatic rings. The van der Waals surface area contributed by atoms with Gasteiger partial charge in [0.1, 0.15) is 0 Å². The van der Waals surface area contributed by atoms with Gasteiger partial charge in [-0.15, -0.1) is 0 Å². The topological polar surface area (TPSA) is 40.5 Å². The first-order valence-corrected chi connectivity index (χ1v) is 5.26. The minimum Gasteiger partial charge on any atom is -0.479 e. The number of aliphatic carboxylic acids is 1. The average Bonchev–Trinajstić information content (AvgIpc) is 2.63. The molecule has 1 atom stereocenters. The first-order chi connectivity index (χ1) is 7.53. The Morgan fingerprint density at radius 3 is 2.75 bits per heavy atom. The second kappa shape index (κ2) is 3.77. The number of carbonyl (C=O) groups is 1. The number of hydrogen-bond donors (Lipinski definition) is 1. The van der Waals surface area contributed by atoms with Gasteiger partial charge in [0.25, 0.3) is 0 Å². The summed E-state index contributed by atoms with van der Waals surface area (Å²) in [5.41, 5.74) is -0.136. The van der Waals surface area contributed by atoms with Gasteiger partial charge in [0.05, 0.1) is 6.54 Å². The molecule has 1 heterocycles. The van der Waals surface area contributed by atoms with Gasteiger partial charge >= 0.3 is 5.97 Å². The largest absolute Gasteiger partial charge is 0.479 e. The quantitative estimate of drug-likeness (QED) is 0.833. The molecular weight excluding hydrogens is 209 g/mol. The van der Waals surface area contributed by atoms with E-state index in [0.29, 0.717) is 6.54 Å². The number of para-hydroxylation sites is 1. The number of anilines is 1. The molecule has 1 unspecified atom stereocenters. The van der Waals surface area contributed by atoms with Gasteiger partial charge in [-0.3, -0.25) is 0 Å². The van der Waals surface area contributed by atoms with Gasteiger partial charge in [0.2, 0.25) is 5.67 Å². The van der Waals surface area contributed by atoms with Gasteiger partial charge in [-0.2, -0.15) is 0 Å². The van der Waals surface area contributed by atoms with E-state index in [4.69, 9.17) is 5.11 Å². The van der Waals surface area contributed by atoms with Crippen LogP contribution in [0.1, 0.15) is 12.0 Å². The molecule has 0 radical (unpaired) electrons. The average molecular weight is 223 g/mol. The zero-order chi connectivity index (χ0) is 11.8. The molecule has 0 amide bonds. The van der Waals surface area contributed by atoms with Gasteiger partial charge in [-0.1, -0.05) is 18.2 Å². The maximum absolute atomic E-state index is 13.9. The van der Waals surface area contributed by atoms with Crippen molar-refractivity contribution in [3.05, 3.63) is 29.8 Å². The van der Waals surface area contributed by atoms with Crippen molar-refractivity contribution in [1.82, 2.24) is 0 Å². The third kappa shape index (κ3) is 1.75. The molecule has 1 aliphatic rings. The van der Waals surface area contributed by atoms with Crippen molar-refractivity contribution >= 4 is 11.7 Å². The Bertz CT molecular complexity index is 421. The van der Waals surface area contributed by atoms with Crippen molar-refractivity contribution in [2.45, 2.75) is 19.0 Å². The predicted octanol–water partition coefficient (Wildman–Crippen LogP) is 2.00. The fourth-order valence-corrected chi connectivity index (χ4v) is 2.07. The van der Waals surface area contributed by atoms with Crippen LogP contribution in [0.4, 0.5) is 10.1 Å². The first kappa shape index (κ1) is 10.9. The van der Waals surface area contributed by atoms with E-state index >= 15 is 0 Å². The zero-order valence-corrected chi connectivity index (χ0v) is 9.11. The van der Waals surface area contributed by atoms with Gasteiger partial charge in [0.15, 0.2) is 0 Å². The number of rotatable bonds is 2. The molecule has 1 aliphatic heterocycles. The molecule has 1 saturated heterocycles. The van der Waals surface area contributed by atoms with Crippen LogP contribution in [0.15, 0.2) is 24.3 Å². The number of carboxylic acids is 1. The second-order valence-corrected chi connectivity index (χ2v) is 4.23. The highest BCUT2D eigenvalue weighted by molar-refractivity contribution is 5.79. The smallest absolute Gasteiger partial charge is 0.343 e. The van der Waals surface area contributed by atoms with Crippen molar-refractivity contribution in [2.75, 3.05) is 18.0 Å². The zero-order valence-electron chi connectivity index (χ0n) is 9.11. The predicted molar refractivity (Wildman–Crippen MR) is 59.5 cm³/mol. The Hall–Kier alpha value is -1.58. The van der Waals surface area contributed by atoms with Crippen LogP contribution in [0, 0.1) is 6.92 Å². The van der Waals surface area contributed by atoms with E-state index in [9.17, 15) is 9.18 Å². The molecule has 1 N–H and O–H groups in total. The monoisotopic (exact) mass is 223 g/mol. The lowest BCUT2D eigenvalue weighted by atomic mass is 10.1. The van der Waals surface area contributed by atoms with Crippen LogP contribution in [-0.2, 0) is 4.79 Å². The van der Waals surface area contributed by atoms with E-state index in [1.165, 1.54) is 0 Å². The molecule has 0 spiro atoms. The van der Waals surface area contributed by atoms with E-state index in [2.05, 4.69) is 0 Å². The summed E-state index contributed by atoms with van der Waals surface area (Å²) in [6.45, 7) is 2.33. The summed E-state index contributed by atoms with van der Waals surface area (Å²) < 4.78 is 13.9. The molecule has 0 saturated carbocycles. The fraction of sp³-hybridized carbons (Fsp3) is 0.417. The molecule has 3 nitrogen and oxygen atoms in total. The Morgan fingerprint density at radius 2 is 2.19 bits per heavy atom. The highest BCUT2D eigenvalue weighted by Gasteiger charge is 2.45. The molecule has 0 bridgehead atoms. The molecule has 16 heavy (non-hydrogen) atoms. The van der Waals surface area contributed by atoms with Gasteiger partial charge in [-0.25, -0.2) is 9.18 Å². The van der Waals surface area contributed by atoms with Crippen LogP contribution in [0.3, 0.4) is 0 Å². The van der Waals surface area contributed by atoms with Crippen LogP contribution in [0.25, 0.3) is 0 Å². The Labute approximate surface area is 93.5 Å². The lowest BCUT2D eigenvalue weighted by molar-refractivity contribution is -0.149. The van der Waals surface area contributed by atoms with Crippen LogP contribution >= 0.6 is 0 Å². The number of nitrogens with zero attached hydrogens (tertiary/aromatic N) is 1. The minimum absolute atomic E-state index is 0.0522. The van der Waals surface area contributed by atoms with Gasteiger partial charge in [0, 0.05) is 18.7 Å². The highest BCUT2D eigenvalue weighted by Crippen LogP contribution is 2.31. The van der Waals surface area contributed by atoms with Crippen LogP contribution in [0.2, 0.25) is 0 Å². The van der Waals surface area contributed by atoms with E-state index < -0.39 is 11.6 Å². The van der Waals surface area contributed by atoms with Crippen LogP contribution in [-0.4, -0.2) is 29.8 Å². The molecule has 0 aromatic heterocycles. The molecule has 2 rings (SSSR count). The second-order valence-electron chi connectivity index (χ2n) is 4.23. The number of aryl methyl sites for hydroxylation is 1. The van der Waals surface area contributed by atoms with Gasteiger partial charge < -0.3 is 10.0 Å². The Kier molecular flexibility index (Phi) is 2.58. The van der Waals surface area contributed by atoms with Crippen molar-refractivity contribution in [3.63, 3.8) is 0 Å². The molecular formula is C12H14FNO2. The molecule has 1 fully saturated rings. The van der Waals surface area contributed by atoms with Crippen molar-refractivity contribution < 1.29 is 14.3 Å². The Balaban J connectivity index is 2.22. The standard InChI is InChI=1S/C12H14FNO2/c1-9-4-2-3-5-10(9)14-7-6-12(13,8-14)11(15)16/h2-5H,6-8H2,1H3,(H,15,16). The summed E-state index contributed by atoms with van der Waals surface area (Å²) >= 11 is 0. The van der Waals surface area contributed by atoms with Crippen LogP contribution in [0.5, 0.6) is 0 Å². The summed E-state index contributed by atoms with van der Waals surface area (Å²) in [5, 5.41) is 8.80. The fourth-order valence-electron chi connectivity index (χ4n) is 2.07.